The molecule has 0 aromatic rings. The van der Waals surface area contributed by atoms with E-state index in [0.29, 0.717) is 11.5 Å². The normalized spacial score (nSPS) is 27.2. The molecule has 0 saturated heterocycles. The van der Waals surface area contributed by atoms with Crippen molar-refractivity contribution in [2.45, 2.75) is 40.2 Å². The molecule has 0 spiro atoms. The van der Waals surface area contributed by atoms with Gasteiger partial charge in [0.1, 0.15) is 0 Å². The molecule has 0 aromatic carbocycles. The summed E-state index contributed by atoms with van der Waals surface area (Å²) in [7, 11) is 2.21. The molecule has 14 heavy (non-hydrogen) atoms. The first-order chi connectivity index (χ1) is 6.43. The zero-order valence-electron chi connectivity index (χ0n) is 10.2. The largest absolute Gasteiger partial charge is 0.303 e. The fourth-order valence-electron chi connectivity index (χ4n) is 2.06. The van der Waals surface area contributed by atoms with Crippen molar-refractivity contribution in [3.8, 4) is 0 Å². The third kappa shape index (κ3) is 2.98. The Hall–Kier alpha value is -0.560. The Bertz CT molecular complexity index is 250. The second kappa shape index (κ2) is 4.31. The topological polar surface area (TPSA) is 3.24 Å². The molecule has 1 aliphatic rings. The van der Waals surface area contributed by atoms with E-state index in [0.717, 1.165) is 6.54 Å². The van der Waals surface area contributed by atoms with Crippen molar-refractivity contribution in [3.63, 3.8) is 0 Å². The maximum atomic E-state index is 2.42. The van der Waals surface area contributed by atoms with E-state index in [4.69, 9.17) is 0 Å². The van der Waals surface area contributed by atoms with E-state index in [2.05, 4.69) is 57.9 Å². The SMILES string of the molecule is CC1=CC=CC(C)(CN(C)C(C)C)C1. The van der Waals surface area contributed by atoms with E-state index in [1.165, 1.54) is 12.0 Å². The number of allylic oxidation sites excluding steroid dienone is 3. The van der Waals surface area contributed by atoms with Gasteiger partial charge in [0.15, 0.2) is 0 Å². The van der Waals surface area contributed by atoms with Crippen LogP contribution in [-0.4, -0.2) is 24.5 Å². The van der Waals surface area contributed by atoms with Crippen LogP contribution in [0.15, 0.2) is 23.8 Å². The molecule has 0 aliphatic heterocycles. The van der Waals surface area contributed by atoms with E-state index >= 15 is 0 Å². The molecule has 0 bridgehead atoms. The highest BCUT2D eigenvalue weighted by atomic mass is 15.1. The molecule has 1 aliphatic carbocycles. The van der Waals surface area contributed by atoms with Crippen molar-refractivity contribution in [2.75, 3.05) is 13.6 Å². The number of rotatable bonds is 3. The van der Waals surface area contributed by atoms with E-state index in [1.54, 1.807) is 0 Å². The maximum Gasteiger partial charge on any atom is 0.00729 e. The highest BCUT2D eigenvalue weighted by Gasteiger charge is 2.25. The quantitative estimate of drug-likeness (QED) is 0.665. The molecule has 1 unspecified atom stereocenters. The molecule has 0 radical (unpaired) electrons. The van der Waals surface area contributed by atoms with E-state index < -0.39 is 0 Å². The lowest BCUT2D eigenvalue weighted by atomic mass is 9.80. The lowest BCUT2D eigenvalue weighted by molar-refractivity contribution is 0.195. The summed E-state index contributed by atoms with van der Waals surface area (Å²) in [5, 5.41) is 0. The van der Waals surface area contributed by atoms with E-state index in [-0.39, 0.29) is 0 Å². The third-order valence-electron chi connectivity index (χ3n) is 3.05. The average Bonchev–Trinajstić information content (AvgIpc) is 2.02. The van der Waals surface area contributed by atoms with Gasteiger partial charge in [-0.2, -0.15) is 0 Å². The van der Waals surface area contributed by atoms with Gasteiger partial charge in [-0.25, -0.2) is 0 Å². The van der Waals surface area contributed by atoms with Crippen LogP contribution >= 0.6 is 0 Å². The van der Waals surface area contributed by atoms with Gasteiger partial charge in [0, 0.05) is 18.0 Å². The summed E-state index contributed by atoms with van der Waals surface area (Å²) in [4.78, 5) is 2.42. The van der Waals surface area contributed by atoms with E-state index in [9.17, 15) is 0 Å². The van der Waals surface area contributed by atoms with Crippen LogP contribution in [-0.2, 0) is 0 Å². The van der Waals surface area contributed by atoms with Crippen LogP contribution in [0, 0.1) is 5.41 Å². The summed E-state index contributed by atoms with van der Waals surface area (Å²) in [5.41, 5.74) is 1.82. The van der Waals surface area contributed by atoms with Crippen LogP contribution in [0.4, 0.5) is 0 Å². The van der Waals surface area contributed by atoms with Gasteiger partial charge in [-0.15, -0.1) is 0 Å². The summed E-state index contributed by atoms with van der Waals surface area (Å²) in [6.07, 6.45) is 7.96. The van der Waals surface area contributed by atoms with Crippen molar-refractivity contribution < 1.29 is 0 Å². The van der Waals surface area contributed by atoms with Gasteiger partial charge in [-0.1, -0.05) is 30.7 Å². The van der Waals surface area contributed by atoms with Gasteiger partial charge < -0.3 is 4.90 Å². The van der Waals surface area contributed by atoms with Gasteiger partial charge in [0.25, 0.3) is 0 Å². The fraction of sp³-hybridized carbons (Fsp3) is 0.692. The van der Waals surface area contributed by atoms with Crippen molar-refractivity contribution in [1.82, 2.24) is 4.90 Å². The number of hydrogen-bond donors (Lipinski definition) is 0. The fourth-order valence-corrected chi connectivity index (χ4v) is 2.06. The van der Waals surface area contributed by atoms with Crippen LogP contribution in [0.25, 0.3) is 0 Å². The minimum atomic E-state index is 0.331. The van der Waals surface area contributed by atoms with Crippen LogP contribution in [0.5, 0.6) is 0 Å². The van der Waals surface area contributed by atoms with Gasteiger partial charge in [-0.3, -0.25) is 0 Å². The standard InChI is InChI=1S/C13H23N/c1-11(2)14(5)10-13(4)8-6-7-12(3)9-13/h6-8,11H,9-10H2,1-5H3. The molecular formula is C13H23N. The molecule has 0 saturated carbocycles. The number of nitrogens with zero attached hydrogens (tertiary/aromatic N) is 1. The Labute approximate surface area is 88.5 Å². The zero-order valence-corrected chi connectivity index (χ0v) is 10.2. The summed E-state index contributed by atoms with van der Waals surface area (Å²) >= 11 is 0. The average molecular weight is 193 g/mol. The third-order valence-corrected chi connectivity index (χ3v) is 3.05. The molecule has 0 heterocycles. The minimum Gasteiger partial charge on any atom is -0.303 e. The Balaban J connectivity index is 2.60. The highest BCUT2D eigenvalue weighted by molar-refractivity contribution is 5.22. The van der Waals surface area contributed by atoms with Gasteiger partial charge in [-0.05, 0) is 34.2 Å². The first kappa shape index (κ1) is 11.5. The predicted molar refractivity (Wildman–Crippen MR) is 63.4 cm³/mol. The second-order valence-corrected chi connectivity index (χ2v) is 5.21. The zero-order chi connectivity index (χ0) is 10.8. The van der Waals surface area contributed by atoms with Gasteiger partial charge >= 0.3 is 0 Å². The monoisotopic (exact) mass is 193 g/mol. The maximum absolute atomic E-state index is 2.42. The molecule has 80 valence electrons. The highest BCUT2D eigenvalue weighted by Crippen LogP contribution is 2.31. The van der Waals surface area contributed by atoms with Crippen molar-refractivity contribution in [1.29, 1.82) is 0 Å². The molecule has 0 N–H and O–H groups in total. The van der Waals surface area contributed by atoms with E-state index in [1.807, 2.05) is 0 Å². The first-order valence-electron chi connectivity index (χ1n) is 5.48. The summed E-state index contributed by atoms with van der Waals surface area (Å²) in [6, 6.07) is 0.631. The summed E-state index contributed by atoms with van der Waals surface area (Å²) < 4.78 is 0. The molecule has 1 heteroatoms. The smallest absolute Gasteiger partial charge is 0.00729 e. The second-order valence-electron chi connectivity index (χ2n) is 5.21. The van der Waals surface area contributed by atoms with Crippen LogP contribution in [0.1, 0.15) is 34.1 Å². The van der Waals surface area contributed by atoms with Crippen molar-refractivity contribution >= 4 is 0 Å². The minimum absolute atomic E-state index is 0.331. The predicted octanol–water partition coefficient (Wildman–Crippen LogP) is 3.24. The van der Waals surface area contributed by atoms with Gasteiger partial charge in [0.05, 0.1) is 0 Å². The Morgan fingerprint density at radius 1 is 1.50 bits per heavy atom. The van der Waals surface area contributed by atoms with Crippen LogP contribution in [0.2, 0.25) is 0 Å². The molecule has 1 rings (SSSR count). The first-order valence-corrected chi connectivity index (χ1v) is 5.48. The Morgan fingerprint density at radius 2 is 2.14 bits per heavy atom. The molecule has 0 aromatic heterocycles. The molecule has 1 nitrogen and oxygen atoms in total. The van der Waals surface area contributed by atoms with Crippen LogP contribution < -0.4 is 0 Å². The summed E-state index contributed by atoms with van der Waals surface area (Å²) in [6.45, 7) is 10.2. The molecule has 1 atom stereocenters. The lowest BCUT2D eigenvalue weighted by Gasteiger charge is -2.35. The van der Waals surface area contributed by atoms with Crippen LogP contribution in [0.3, 0.4) is 0 Å². The van der Waals surface area contributed by atoms with Gasteiger partial charge in [0.2, 0.25) is 0 Å². The Morgan fingerprint density at radius 3 is 2.64 bits per heavy atom. The molecule has 0 amide bonds. The van der Waals surface area contributed by atoms with Crippen molar-refractivity contribution in [2.24, 2.45) is 5.41 Å². The number of hydrogen-bond acceptors (Lipinski definition) is 1. The molecule has 0 fully saturated rings. The Kier molecular flexibility index (Phi) is 3.54. The summed E-state index contributed by atoms with van der Waals surface area (Å²) in [5.74, 6) is 0. The van der Waals surface area contributed by atoms with Crippen molar-refractivity contribution in [3.05, 3.63) is 23.8 Å². The lowest BCUT2D eigenvalue weighted by Crippen LogP contribution is -2.37. The molecular weight excluding hydrogens is 170 g/mol.